The number of carbonyl (C=O) groups is 1. The first-order chi connectivity index (χ1) is 16.6. The van der Waals surface area contributed by atoms with Crippen LogP contribution in [0.4, 0.5) is 0 Å². The number of rotatable bonds is 6. The van der Waals surface area contributed by atoms with E-state index in [1.54, 1.807) is 7.11 Å². The first kappa shape index (κ1) is 21.9. The summed E-state index contributed by atoms with van der Waals surface area (Å²) in [6.45, 7) is 2.80. The number of methoxy groups -OCH3 is 1. The first-order valence-electron chi connectivity index (χ1n) is 11.6. The Labute approximate surface area is 199 Å². The first-order valence-corrected chi connectivity index (χ1v) is 11.6. The Balaban J connectivity index is 1.30. The Kier molecular flexibility index (Phi) is 6.12. The van der Waals surface area contributed by atoms with Gasteiger partial charge in [-0.3, -0.25) is 4.79 Å². The molecule has 5 rings (SSSR count). The van der Waals surface area contributed by atoms with Crippen molar-refractivity contribution < 1.29 is 13.9 Å². The van der Waals surface area contributed by atoms with E-state index >= 15 is 0 Å². The van der Waals surface area contributed by atoms with E-state index < -0.39 is 0 Å². The van der Waals surface area contributed by atoms with Crippen LogP contribution in [-0.2, 0) is 6.42 Å². The molecule has 172 valence electrons. The molecule has 1 unspecified atom stereocenters. The number of ether oxygens (including phenoxy) is 1. The van der Waals surface area contributed by atoms with Crippen molar-refractivity contribution in [2.45, 2.75) is 32.2 Å². The van der Waals surface area contributed by atoms with E-state index in [0.29, 0.717) is 17.3 Å². The van der Waals surface area contributed by atoms with E-state index in [9.17, 15) is 4.79 Å². The molecule has 6 heteroatoms. The minimum atomic E-state index is 0.0583. The summed E-state index contributed by atoms with van der Waals surface area (Å²) in [5, 5.41) is 8.38. The topological polar surface area (TPSA) is 68.5 Å². The number of aryl methyl sites for hydroxylation is 1. The molecule has 0 aliphatic carbocycles. The van der Waals surface area contributed by atoms with Crippen LogP contribution in [0.1, 0.15) is 34.3 Å². The second-order valence-corrected chi connectivity index (χ2v) is 8.71. The molecule has 0 N–H and O–H groups in total. The van der Waals surface area contributed by atoms with Gasteiger partial charge in [0.05, 0.1) is 7.11 Å². The highest BCUT2D eigenvalue weighted by atomic mass is 16.5. The summed E-state index contributed by atoms with van der Waals surface area (Å²) < 4.78 is 11.2. The fourth-order valence-electron chi connectivity index (χ4n) is 4.54. The minimum Gasteiger partial charge on any atom is -0.497 e. The quantitative estimate of drug-likeness (QED) is 0.382. The molecule has 1 aliphatic heterocycles. The fraction of sp³-hybridized carbons (Fsp3) is 0.250. The van der Waals surface area contributed by atoms with E-state index in [1.165, 1.54) is 5.56 Å². The molecular formula is C28H27N3O3. The van der Waals surface area contributed by atoms with Gasteiger partial charge in [-0.15, -0.1) is 10.2 Å². The van der Waals surface area contributed by atoms with Crippen LogP contribution in [-0.4, -0.2) is 40.7 Å². The lowest BCUT2D eigenvalue weighted by atomic mass is 10.0. The lowest BCUT2D eigenvalue weighted by Crippen LogP contribution is -2.36. The Morgan fingerprint density at radius 3 is 2.53 bits per heavy atom. The molecule has 4 aromatic rings. The Morgan fingerprint density at radius 1 is 1.00 bits per heavy atom. The average Bonchev–Trinajstić information content (AvgIpc) is 3.54. The van der Waals surface area contributed by atoms with Gasteiger partial charge in [-0.05, 0) is 80.3 Å². The summed E-state index contributed by atoms with van der Waals surface area (Å²) in [5.41, 5.74) is 4.66. The number of aromatic nitrogens is 2. The summed E-state index contributed by atoms with van der Waals surface area (Å²) in [4.78, 5) is 15.3. The average molecular weight is 454 g/mol. The van der Waals surface area contributed by atoms with E-state index in [1.807, 2.05) is 78.6 Å². The molecule has 1 amide bonds. The van der Waals surface area contributed by atoms with Crippen molar-refractivity contribution in [2.75, 3.05) is 13.7 Å². The lowest BCUT2D eigenvalue weighted by Gasteiger charge is -2.25. The maximum atomic E-state index is 13.3. The van der Waals surface area contributed by atoms with Crippen molar-refractivity contribution in [3.8, 4) is 28.7 Å². The smallest absolute Gasteiger partial charge is 0.254 e. The molecule has 1 aromatic heterocycles. The highest BCUT2D eigenvalue weighted by Crippen LogP contribution is 2.27. The van der Waals surface area contributed by atoms with E-state index in [-0.39, 0.29) is 11.9 Å². The predicted octanol–water partition coefficient (Wildman–Crippen LogP) is 5.57. The van der Waals surface area contributed by atoms with Gasteiger partial charge in [-0.1, -0.05) is 29.8 Å². The van der Waals surface area contributed by atoms with Gasteiger partial charge in [0.25, 0.3) is 5.91 Å². The van der Waals surface area contributed by atoms with Crippen LogP contribution < -0.4 is 4.74 Å². The van der Waals surface area contributed by atoms with Gasteiger partial charge in [0.15, 0.2) is 0 Å². The number of nitrogens with zero attached hydrogens (tertiary/aromatic N) is 3. The molecule has 2 heterocycles. The minimum absolute atomic E-state index is 0.0583. The van der Waals surface area contributed by atoms with Gasteiger partial charge in [-0.25, -0.2) is 0 Å². The number of carbonyl (C=O) groups excluding carboxylic acids is 1. The van der Waals surface area contributed by atoms with Crippen molar-refractivity contribution in [2.24, 2.45) is 0 Å². The van der Waals surface area contributed by atoms with Gasteiger partial charge in [0.1, 0.15) is 5.75 Å². The molecular weight excluding hydrogens is 426 g/mol. The summed E-state index contributed by atoms with van der Waals surface area (Å²) >= 11 is 0. The maximum Gasteiger partial charge on any atom is 0.254 e. The number of hydrogen-bond donors (Lipinski definition) is 0. The second kappa shape index (κ2) is 9.51. The van der Waals surface area contributed by atoms with Gasteiger partial charge < -0.3 is 14.1 Å². The standard InChI is InChI=1S/C28H27N3O3/c1-19-6-3-8-23(16-19)27-30-29-26(34-27)21-11-13-22(14-12-21)28(32)31-15-5-9-24(31)17-20-7-4-10-25(18-20)33-2/h3-4,6-8,10-14,16,18,24H,5,9,15,17H2,1-2H3. The van der Waals surface area contributed by atoms with Gasteiger partial charge in [0.2, 0.25) is 11.8 Å². The summed E-state index contributed by atoms with van der Waals surface area (Å²) in [6.07, 6.45) is 2.84. The normalized spacial score (nSPS) is 15.5. The van der Waals surface area contributed by atoms with Crippen LogP contribution in [0.3, 0.4) is 0 Å². The summed E-state index contributed by atoms with van der Waals surface area (Å²) in [5.74, 6) is 1.82. The summed E-state index contributed by atoms with van der Waals surface area (Å²) in [7, 11) is 1.67. The molecule has 0 saturated carbocycles. The zero-order valence-electron chi connectivity index (χ0n) is 19.4. The number of likely N-dealkylation sites (tertiary alicyclic amines) is 1. The predicted molar refractivity (Wildman–Crippen MR) is 131 cm³/mol. The largest absolute Gasteiger partial charge is 0.497 e. The van der Waals surface area contributed by atoms with Gasteiger partial charge >= 0.3 is 0 Å². The molecule has 1 aliphatic rings. The van der Waals surface area contributed by atoms with Crippen LogP contribution in [0.25, 0.3) is 22.9 Å². The molecule has 1 saturated heterocycles. The third kappa shape index (κ3) is 4.57. The molecule has 0 spiro atoms. The molecule has 0 bridgehead atoms. The van der Waals surface area contributed by atoms with Crippen LogP contribution in [0, 0.1) is 6.92 Å². The van der Waals surface area contributed by atoms with Crippen LogP contribution in [0.5, 0.6) is 5.75 Å². The van der Waals surface area contributed by atoms with Crippen molar-refractivity contribution in [1.29, 1.82) is 0 Å². The Morgan fingerprint density at radius 2 is 1.76 bits per heavy atom. The summed E-state index contributed by atoms with van der Waals surface area (Å²) in [6, 6.07) is 23.6. The highest BCUT2D eigenvalue weighted by molar-refractivity contribution is 5.95. The molecule has 6 nitrogen and oxygen atoms in total. The van der Waals surface area contributed by atoms with E-state index in [4.69, 9.17) is 9.15 Å². The molecule has 1 fully saturated rings. The fourth-order valence-corrected chi connectivity index (χ4v) is 4.54. The van der Waals surface area contributed by atoms with E-state index in [2.05, 4.69) is 16.3 Å². The third-order valence-electron chi connectivity index (χ3n) is 6.31. The second-order valence-electron chi connectivity index (χ2n) is 8.71. The molecule has 3 aromatic carbocycles. The molecule has 1 atom stereocenters. The molecule has 0 radical (unpaired) electrons. The molecule has 34 heavy (non-hydrogen) atoms. The highest BCUT2D eigenvalue weighted by Gasteiger charge is 2.29. The third-order valence-corrected chi connectivity index (χ3v) is 6.31. The van der Waals surface area contributed by atoms with Crippen molar-refractivity contribution >= 4 is 5.91 Å². The number of hydrogen-bond acceptors (Lipinski definition) is 5. The van der Waals surface area contributed by atoms with Crippen molar-refractivity contribution in [3.05, 3.63) is 89.5 Å². The van der Waals surface area contributed by atoms with Gasteiger partial charge in [0, 0.05) is 29.3 Å². The number of amides is 1. The van der Waals surface area contributed by atoms with Crippen molar-refractivity contribution in [3.63, 3.8) is 0 Å². The zero-order valence-corrected chi connectivity index (χ0v) is 19.4. The monoisotopic (exact) mass is 453 g/mol. The van der Waals surface area contributed by atoms with E-state index in [0.717, 1.165) is 48.2 Å². The van der Waals surface area contributed by atoms with Gasteiger partial charge in [-0.2, -0.15) is 0 Å². The Bertz CT molecular complexity index is 1300. The van der Waals surface area contributed by atoms with Crippen LogP contribution in [0.2, 0.25) is 0 Å². The van der Waals surface area contributed by atoms with Crippen LogP contribution >= 0.6 is 0 Å². The maximum absolute atomic E-state index is 13.3. The van der Waals surface area contributed by atoms with Crippen molar-refractivity contribution in [1.82, 2.24) is 15.1 Å². The zero-order chi connectivity index (χ0) is 23.5. The lowest BCUT2D eigenvalue weighted by molar-refractivity contribution is 0.0736. The van der Waals surface area contributed by atoms with Crippen LogP contribution in [0.15, 0.2) is 77.2 Å². The number of benzene rings is 3. The Hall–Kier alpha value is -3.93. The SMILES string of the molecule is COc1cccc(CC2CCCN2C(=O)c2ccc(-c3nnc(-c4cccc(C)c4)o3)cc2)c1.